The topological polar surface area (TPSA) is 29.1 Å². The largest absolute Gasteiger partial charge is 0.325 e. The summed E-state index contributed by atoms with van der Waals surface area (Å²) in [5.41, 5.74) is 3.64. The average molecular weight is 273 g/mol. The Morgan fingerprint density at radius 1 is 1.30 bits per heavy atom. The number of carbonyl (C=O) groups is 1. The number of nitrogens with one attached hydrogen (secondary N) is 1. The van der Waals surface area contributed by atoms with Gasteiger partial charge in [0.25, 0.3) is 0 Å². The number of amides is 1. The SMILES string of the molecule is CCCC(C)CC1C(=O)Nc2ccc(C(C)(C)C)cc21. The van der Waals surface area contributed by atoms with Crippen molar-refractivity contribution in [1.29, 1.82) is 0 Å². The van der Waals surface area contributed by atoms with Crippen LogP contribution in [0.2, 0.25) is 0 Å². The zero-order valence-corrected chi connectivity index (χ0v) is 13.4. The van der Waals surface area contributed by atoms with Crippen molar-refractivity contribution in [3.63, 3.8) is 0 Å². The van der Waals surface area contributed by atoms with E-state index >= 15 is 0 Å². The lowest BCUT2D eigenvalue weighted by Crippen LogP contribution is -2.15. The predicted octanol–water partition coefficient (Wildman–Crippen LogP) is 4.85. The molecule has 0 saturated carbocycles. The van der Waals surface area contributed by atoms with Gasteiger partial charge in [-0.3, -0.25) is 4.79 Å². The molecular formula is C18H27NO. The lowest BCUT2D eigenvalue weighted by atomic mass is 9.82. The molecule has 0 aromatic heterocycles. The monoisotopic (exact) mass is 273 g/mol. The molecule has 0 aliphatic carbocycles. The summed E-state index contributed by atoms with van der Waals surface area (Å²) in [7, 11) is 0. The summed E-state index contributed by atoms with van der Waals surface area (Å²) < 4.78 is 0. The smallest absolute Gasteiger partial charge is 0.232 e. The summed E-state index contributed by atoms with van der Waals surface area (Å²) in [4.78, 5) is 12.2. The van der Waals surface area contributed by atoms with E-state index in [4.69, 9.17) is 0 Å². The first-order chi connectivity index (χ1) is 9.32. The number of benzene rings is 1. The number of anilines is 1. The number of carbonyl (C=O) groups excluding carboxylic acids is 1. The molecule has 1 aromatic carbocycles. The van der Waals surface area contributed by atoms with Crippen molar-refractivity contribution < 1.29 is 4.79 Å². The van der Waals surface area contributed by atoms with E-state index in [9.17, 15) is 4.79 Å². The zero-order chi connectivity index (χ0) is 14.9. The molecule has 0 bridgehead atoms. The molecule has 0 fully saturated rings. The number of fused-ring (bicyclic) bond motifs is 1. The normalized spacial score (nSPS) is 19.6. The van der Waals surface area contributed by atoms with Gasteiger partial charge < -0.3 is 5.32 Å². The maximum atomic E-state index is 12.2. The maximum Gasteiger partial charge on any atom is 0.232 e. The molecule has 2 atom stereocenters. The fraction of sp³-hybridized carbons (Fsp3) is 0.611. The molecule has 0 saturated heterocycles. The highest BCUT2D eigenvalue weighted by Gasteiger charge is 2.32. The first-order valence-electron chi connectivity index (χ1n) is 7.78. The van der Waals surface area contributed by atoms with Gasteiger partial charge in [0.2, 0.25) is 5.91 Å². The molecule has 2 nitrogen and oxygen atoms in total. The van der Waals surface area contributed by atoms with E-state index in [-0.39, 0.29) is 17.2 Å². The Balaban J connectivity index is 2.28. The molecule has 2 heteroatoms. The molecule has 1 heterocycles. The number of rotatable bonds is 4. The third kappa shape index (κ3) is 3.05. The summed E-state index contributed by atoms with van der Waals surface area (Å²) in [6, 6.07) is 6.44. The van der Waals surface area contributed by atoms with Crippen LogP contribution in [0.15, 0.2) is 18.2 Å². The molecule has 1 amide bonds. The van der Waals surface area contributed by atoms with E-state index < -0.39 is 0 Å². The van der Waals surface area contributed by atoms with E-state index in [2.05, 4.69) is 58.1 Å². The Labute approximate surface area is 123 Å². The molecule has 1 N–H and O–H groups in total. The highest BCUT2D eigenvalue weighted by Crippen LogP contribution is 2.39. The Kier molecular flexibility index (Phi) is 4.22. The molecule has 20 heavy (non-hydrogen) atoms. The summed E-state index contributed by atoms with van der Waals surface area (Å²) in [6.07, 6.45) is 3.34. The lowest BCUT2D eigenvalue weighted by molar-refractivity contribution is -0.117. The van der Waals surface area contributed by atoms with E-state index in [0.717, 1.165) is 12.1 Å². The average Bonchev–Trinajstić information content (AvgIpc) is 2.64. The molecule has 1 aromatic rings. The lowest BCUT2D eigenvalue weighted by Gasteiger charge is -2.21. The fourth-order valence-corrected chi connectivity index (χ4v) is 3.04. The van der Waals surface area contributed by atoms with Gasteiger partial charge in [0, 0.05) is 5.69 Å². The van der Waals surface area contributed by atoms with Gasteiger partial charge in [-0.2, -0.15) is 0 Å². The van der Waals surface area contributed by atoms with Crippen molar-refractivity contribution in [3.05, 3.63) is 29.3 Å². The van der Waals surface area contributed by atoms with Crippen molar-refractivity contribution in [2.75, 3.05) is 5.32 Å². The fourth-order valence-electron chi connectivity index (χ4n) is 3.04. The van der Waals surface area contributed by atoms with Gasteiger partial charge in [-0.15, -0.1) is 0 Å². The van der Waals surface area contributed by atoms with Crippen LogP contribution in [-0.2, 0) is 10.2 Å². The Morgan fingerprint density at radius 3 is 2.60 bits per heavy atom. The van der Waals surface area contributed by atoms with Crippen LogP contribution in [-0.4, -0.2) is 5.91 Å². The minimum atomic E-state index is 0.0360. The Morgan fingerprint density at radius 2 is 2.00 bits per heavy atom. The molecule has 0 spiro atoms. The molecule has 110 valence electrons. The minimum absolute atomic E-state index is 0.0360. The highest BCUT2D eigenvalue weighted by atomic mass is 16.2. The summed E-state index contributed by atoms with van der Waals surface area (Å²) in [6.45, 7) is 11.1. The van der Waals surface area contributed by atoms with Crippen LogP contribution in [0.4, 0.5) is 5.69 Å². The second kappa shape index (κ2) is 5.59. The molecule has 2 unspecified atom stereocenters. The van der Waals surface area contributed by atoms with Crippen LogP contribution in [0.3, 0.4) is 0 Å². The zero-order valence-electron chi connectivity index (χ0n) is 13.4. The second-order valence-electron chi connectivity index (χ2n) is 7.22. The van der Waals surface area contributed by atoms with Gasteiger partial charge in [-0.05, 0) is 34.9 Å². The van der Waals surface area contributed by atoms with Crippen molar-refractivity contribution in [1.82, 2.24) is 0 Å². The Bertz CT molecular complexity index is 499. The molecule has 1 aliphatic rings. The third-order valence-electron chi connectivity index (χ3n) is 4.29. The van der Waals surface area contributed by atoms with Crippen LogP contribution in [0.25, 0.3) is 0 Å². The van der Waals surface area contributed by atoms with Crippen molar-refractivity contribution in [2.45, 2.75) is 65.2 Å². The van der Waals surface area contributed by atoms with Crippen LogP contribution < -0.4 is 5.32 Å². The van der Waals surface area contributed by atoms with E-state index in [0.29, 0.717) is 5.92 Å². The first kappa shape index (κ1) is 15.1. The predicted molar refractivity (Wildman–Crippen MR) is 85.2 cm³/mol. The Hall–Kier alpha value is -1.31. The van der Waals surface area contributed by atoms with E-state index in [1.165, 1.54) is 24.0 Å². The molecule has 2 rings (SSSR count). The van der Waals surface area contributed by atoms with E-state index in [1.807, 2.05) is 0 Å². The van der Waals surface area contributed by atoms with Gasteiger partial charge in [-0.1, -0.05) is 59.6 Å². The van der Waals surface area contributed by atoms with Gasteiger partial charge in [0.05, 0.1) is 5.92 Å². The first-order valence-corrected chi connectivity index (χ1v) is 7.78. The number of hydrogen-bond acceptors (Lipinski definition) is 1. The number of hydrogen-bond donors (Lipinski definition) is 1. The van der Waals surface area contributed by atoms with Crippen LogP contribution >= 0.6 is 0 Å². The van der Waals surface area contributed by atoms with Crippen LogP contribution in [0.5, 0.6) is 0 Å². The van der Waals surface area contributed by atoms with Gasteiger partial charge >= 0.3 is 0 Å². The van der Waals surface area contributed by atoms with E-state index in [1.54, 1.807) is 0 Å². The maximum absolute atomic E-state index is 12.2. The van der Waals surface area contributed by atoms with Gasteiger partial charge in [0.15, 0.2) is 0 Å². The summed E-state index contributed by atoms with van der Waals surface area (Å²) in [5, 5.41) is 3.03. The van der Waals surface area contributed by atoms with Crippen molar-refractivity contribution >= 4 is 11.6 Å². The minimum Gasteiger partial charge on any atom is -0.325 e. The van der Waals surface area contributed by atoms with Crippen molar-refractivity contribution in [3.8, 4) is 0 Å². The van der Waals surface area contributed by atoms with Gasteiger partial charge in [0.1, 0.15) is 0 Å². The molecular weight excluding hydrogens is 246 g/mol. The van der Waals surface area contributed by atoms with Crippen LogP contribution in [0.1, 0.15) is 70.9 Å². The second-order valence-corrected chi connectivity index (χ2v) is 7.22. The van der Waals surface area contributed by atoms with Crippen LogP contribution in [0, 0.1) is 5.92 Å². The summed E-state index contributed by atoms with van der Waals surface area (Å²) in [5.74, 6) is 0.808. The summed E-state index contributed by atoms with van der Waals surface area (Å²) >= 11 is 0. The highest BCUT2D eigenvalue weighted by molar-refractivity contribution is 6.02. The quantitative estimate of drug-likeness (QED) is 0.835. The van der Waals surface area contributed by atoms with Gasteiger partial charge in [-0.25, -0.2) is 0 Å². The third-order valence-corrected chi connectivity index (χ3v) is 4.29. The van der Waals surface area contributed by atoms with Crippen molar-refractivity contribution in [2.24, 2.45) is 5.92 Å². The molecule has 0 radical (unpaired) electrons. The standard InChI is InChI=1S/C18H27NO/c1-6-7-12(2)10-15-14-11-13(18(3,4)5)8-9-16(14)19-17(15)20/h8-9,11-12,15H,6-7,10H2,1-5H3,(H,19,20). The molecule has 1 aliphatic heterocycles.